The number of esters is 2. The summed E-state index contributed by atoms with van der Waals surface area (Å²) >= 11 is 0.853. The van der Waals surface area contributed by atoms with Gasteiger partial charge in [-0.1, -0.05) is 50.4 Å². The Morgan fingerprint density at radius 2 is 1.96 bits per heavy atom. The lowest BCUT2D eigenvalue weighted by atomic mass is 9.46. The minimum absolute atomic E-state index is 0.00921. The molecule has 5 rings (SSSR count). The summed E-state index contributed by atoms with van der Waals surface area (Å²) in [4.78, 5) is 51.7. The second kappa shape index (κ2) is 12.4. The first-order valence-electron chi connectivity index (χ1n) is 15.6. The van der Waals surface area contributed by atoms with E-state index in [0.29, 0.717) is 12.0 Å². The van der Waals surface area contributed by atoms with Gasteiger partial charge in [0.05, 0.1) is 24.5 Å². The second-order valence-corrected chi connectivity index (χ2v) is 15.0. The van der Waals surface area contributed by atoms with Crippen molar-refractivity contribution in [3.05, 3.63) is 48.0 Å². The van der Waals surface area contributed by atoms with Crippen molar-refractivity contribution in [3.63, 3.8) is 0 Å². The van der Waals surface area contributed by atoms with Crippen LogP contribution in [-0.4, -0.2) is 63.8 Å². The summed E-state index contributed by atoms with van der Waals surface area (Å²) in [6, 6.07) is 2.97. The number of rotatable bonds is 7. The SMILES string of the molecule is C[C@@H]1CC2C3C[C@H](F)C4=CC(=O)C=CC4(C)[C@H]3[C@@H](O)C[C@]2(C)[C@@]1(OC(=O)c1ccco1)C(=O)SCC#CCOC(=O)CC(C)(C)F. The van der Waals surface area contributed by atoms with Crippen molar-refractivity contribution >= 4 is 34.6 Å². The van der Waals surface area contributed by atoms with Crippen LogP contribution in [-0.2, 0) is 23.9 Å². The molecule has 46 heavy (non-hydrogen) atoms. The number of halogens is 2. The number of hydrogen-bond donors (Lipinski definition) is 1. The molecule has 3 fully saturated rings. The van der Waals surface area contributed by atoms with Gasteiger partial charge in [0.25, 0.3) is 0 Å². The summed E-state index contributed by atoms with van der Waals surface area (Å²) < 4.78 is 46.0. The van der Waals surface area contributed by atoms with E-state index in [-0.39, 0.29) is 48.6 Å². The number of carbonyl (C=O) groups excluding carboxylic acids is 4. The van der Waals surface area contributed by atoms with E-state index in [1.165, 1.54) is 44.4 Å². The van der Waals surface area contributed by atoms with Crippen molar-refractivity contribution < 1.29 is 47.0 Å². The number of aliphatic hydroxyl groups is 1. The number of carbonyl (C=O) groups is 4. The van der Waals surface area contributed by atoms with Crippen LogP contribution in [0.25, 0.3) is 0 Å². The van der Waals surface area contributed by atoms with E-state index in [1.807, 2.05) is 20.8 Å². The highest BCUT2D eigenvalue weighted by Crippen LogP contribution is 2.70. The van der Waals surface area contributed by atoms with Crippen molar-refractivity contribution in [2.24, 2.45) is 34.5 Å². The molecule has 0 radical (unpaired) electrons. The molecule has 1 heterocycles. The summed E-state index contributed by atoms with van der Waals surface area (Å²) in [6.07, 6.45) is 3.62. The molecule has 0 saturated heterocycles. The average Bonchev–Trinajstić information content (AvgIpc) is 3.57. The highest BCUT2D eigenvalue weighted by atomic mass is 32.2. The van der Waals surface area contributed by atoms with Crippen LogP contribution in [0.3, 0.4) is 0 Å². The number of alkyl halides is 2. The van der Waals surface area contributed by atoms with Crippen LogP contribution in [0.5, 0.6) is 0 Å². The first-order chi connectivity index (χ1) is 21.5. The molecule has 4 aliphatic rings. The van der Waals surface area contributed by atoms with E-state index >= 15 is 4.39 Å². The molecule has 1 N–H and O–H groups in total. The van der Waals surface area contributed by atoms with Gasteiger partial charge in [-0.2, -0.15) is 0 Å². The lowest BCUT2D eigenvalue weighted by Gasteiger charge is -2.60. The Hall–Kier alpha value is -3.23. The van der Waals surface area contributed by atoms with Crippen molar-refractivity contribution in [3.8, 4) is 11.8 Å². The third-order valence-electron chi connectivity index (χ3n) is 10.6. The second-order valence-electron chi connectivity index (χ2n) is 14.0. The van der Waals surface area contributed by atoms with Gasteiger partial charge in [-0.3, -0.25) is 14.4 Å². The van der Waals surface area contributed by atoms with Crippen LogP contribution >= 0.6 is 11.8 Å². The number of ketones is 1. The molecule has 9 atom stereocenters. The van der Waals surface area contributed by atoms with Crippen LogP contribution in [0.4, 0.5) is 8.78 Å². The maximum absolute atomic E-state index is 15.9. The van der Waals surface area contributed by atoms with Crippen molar-refractivity contribution in [2.75, 3.05) is 12.4 Å². The number of ether oxygens (including phenoxy) is 2. The van der Waals surface area contributed by atoms with Gasteiger partial charge < -0.3 is 19.0 Å². The molecule has 11 heteroatoms. The van der Waals surface area contributed by atoms with Crippen LogP contribution in [0.15, 0.2) is 46.6 Å². The summed E-state index contributed by atoms with van der Waals surface area (Å²) in [5, 5.41) is 11.4. The zero-order chi connectivity index (χ0) is 33.7. The third kappa shape index (κ3) is 5.87. The molecule has 8 nitrogen and oxygen atoms in total. The minimum Gasteiger partial charge on any atom is -0.457 e. The maximum atomic E-state index is 15.9. The Morgan fingerprint density at radius 1 is 1.22 bits per heavy atom. The lowest BCUT2D eigenvalue weighted by molar-refractivity contribution is -0.179. The van der Waals surface area contributed by atoms with Gasteiger partial charge in [-0.25, -0.2) is 13.6 Å². The fourth-order valence-electron chi connectivity index (χ4n) is 8.76. The number of hydrogen-bond acceptors (Lipinski definition) is 9. The Kier molecular flexibility index (Phi) is 9.21. The van der Waals surface area contributed by atoms with Crippen molar-refractivity contribution in [1.82, 2.24) is 0 Å². The van der Waals surface area contributed by atoms with Crippen molar-refractivity contribution in [2.45, 2.75) is 83.8 Å². The fourth-order valence-corrected chi connectivity index (χ4v) is 9.76. The van der Waals surface area contributed by atoms with Crippen molar-refractivity contribution in [1.29, 1.82) is 0 Å². The smallest absolute Gasteiger partial charge is 0.375 e. The maximum Gasteiger partial charge on any atom is 0.375 e. The number of aliphatic hydroxyl groups excluding tert-OH is 1. The molecule has 4 aliphatic carbocycles. The number of fused-ring (bicyclic) bond motifs is 5. The number of furan rings is 1. The number of thioether (sulfide) groups is 1. The van der Waals surface area contributed by atoms with Crippen LogP contribution in [0.1, 0.15) is 70.9 Å². The van der Waals surface area contributed by atoms with E-state index in [4.69, 9.17) is 13.9 Å². The quantitative estimate of drug-likeness (QED) is 0.295. The van der Waals surface area contributed by atoms with Gasteiger partial charge in [0.2, 0.25) is 10.9 Å². The van der Waals surface area contributed by atoms with Crippen LogP contribution in [0.2, 0.25) is 0 Å². The molecular weight excluding hydrogens is 618 g/mol. The van der Waals surface area contributed by atoms with Gasteiger partial charge in [0.15, 0.2) is 18.0 Å². The topological polar surface area (TPSA) is 120 Å². The first kappa shape index (κ1) is 34.1. The predicted molar refractivity (Wildman–Crippen MR) is 166 cm³/mol. The Bertz CT molecular complexity index is 1520. The van der Waals surface area contributed by atoms with Gasteiger partial charge in [0, 0.05) is 22.7 Å². The van der Waals surface area contributed by atoms with E-state index in [1.54, 1.807) is 6.08 Å². The monoisotopic (exact) mass is 658 g/mol. The molecule has 0 spiro atoms. The molecule has 0 amide bonds. The first-order valence-corrected chi connectivity index (χ1v) is 16.5. The molecule has 0 aliphatic heterocycles. The highest BCUT2D eigenvalue weighted by Gasteiger charge is 2.73. The molecule has 3 unspecified atom stereocenters. The average molecular weight is 659 g/mol. The molecule has 0 aromatic carbocycles. The van der Waals surface area contributed by atoms with Crippen LogP contribution in [0, 0.1) is 46.3 Å². The van der Waals surface area contributed by atoms with Gasteiger partial charge >= 0.3 is 11.9 Å². The Morgan fingerprint density at radius 3 is 2.63 bits per heavy atom. The fraction of sp³-hybridized carbons (Fsp3) is 0.600. The summed E-state index contributed by atoms with van der Waals surface area (Å²) in [5.41, 5.74) is -5.01. The highest BCUT2D eigenvalue weighted by molar-refractivity contribution is 8.14. The molecule has 1 aromatic heterocycles. The van der Waals surface area contributed by atoms with Gasteiger partial charge in [-0.15, -0.1) is 0 Å². The van der Waals surface area contributed by atoms with E-state index in [9.17, 15) is 28.7 Å². The van der Waals surface area contributed by atoms with E-state index in [0.717, 1.165) is 11.8 Å². The van der Waals surface area contributed by atoms with Crippen LogP contribution < -0.4 is 0 Å². The lowest BCUT2D eigenvalue weighted by Crippen LogP contribution is -2.64. The minimum atomic E-state index is -1.71. The largest absolute Gasteiger partial charge is 0.457 e. The van der Waals surface area contributed by atoms with Gasteiger partial charge in [-0.05, 0) is 74.8 Å². The Balaban J connectivity index is 1.43. The normalized spacial score (nSPS) is 36.3. The zero-order valence-electron chi connectivity index (χ0n) is 26.6. The molecule has 1 aromatic rings. The molecular formula is C35H40F2O8S. The van der Waals surface area contributed by atoms with E-state index in [2.05, 4.69) is 11.8 Å². The van der Waals surface area contributed by atoms with Gasteiger partial charge in [0.1, 0.15) is 11.8 Å². The predicted octanol–water partition coefficient (Wildman–Crippen LogP) is 5.59. The third-order valence-corrected chi connectivity index (χ3v) is 11.4. The number of allylic oxidation sites excluding steroid dienone is 4. The summed E-state index contributed by atoms with van der Waals surface area (Å²) in [6.45, 7) is 7.80. The molecule has 248 valence electrons. The van der Waals surface area contributed by atoms with E-state index < -0.39 is 69.7 Å². The Labute approximate surface area is 271 Å². The standard InChI is InChI=1S/C35H40F2O8S/c1-20-15-23-22-17-25(36)24-16-21(38)10-11-33(24,4)29(22)26(39)18-34(23,5)35(20,45-30(41)27-9-8-13-43-27)31(42)46-14-7-6-12-44-28(40)19-32(2,3)37/h8-11,13,16,20,22-23,25-26,29,39H,12,14-15,17-19H2,1-5H3/t20-,22?,23?,25+,26+,29-,33?,34+,35+/m1/s1. The summed E-state index contributed by atoms with van der Waals surface area (Å²) in [7, 11) is 0. The zero-order valence-corrected chi connectivity index (χ0v) is 27.5. The summed E-state index contributed by atoms with van der Waals surface area (Å²) in [5.74, 6) is 1.94. The molecule has 0 bridgehead atoms. The molecule has 3 saturated carbocycles.